The largest absolute Gasteiger partial charge is 0.355 e. The number of carbonyl (C=O) groups excluding carboxylic acids is 1. The molecular formula is C17H23N3O2S. The van der Waals surface area contributed by atoms with Gasteiger partial charge in [-0.25, -0.2) is 0 Å². The zero-order valence-corrected chi connectivity index (χ0v) is 14.7. The van der Waals surface area contributed by atoms with E-state index in [9.17, 15) is 4.79 Å². The predicted molar refractivity (Wildman–Crippen MR) is 93.1 cm³/mol. The van der Waals surface area contributed by atoms with Crippen LogP contribution >= 0.6 is 11.8 Å². The number of aromatic nitrogens is 2. The molecule has 0 aliphatic heterocycles. The van der Waals surface area contributed by atoms with Crippen molar-refractivity contribution < 1.29 is 9.32 Å². The van der Waals surface area contributed by atoms with Crippen molar-refractivity contribution in [3.8, 4) is 11.4 Å². The summed E-state index contributed by atoms with van der Waals surface area (Å²) in [4.78, 5) is 16.0. The van der Waals surface area contributed by atoms with Crippen molar-refractivity contribution in [3.63, 3.8) is 0 Å². The summed E-state index contributed by atoms with van der Waals surface area (Å²) < 4.78 is 5.23. The number of benzene rings is 1. The molecule has 0 aliphatic carbocycles. The van der Waals surface area contributed by atoms with Crippen LogP contribution in [0.4, 0.5) is 0 Å². The Hall–Kier alpha value is -1.82. The Balaban J connectivity index is 1.74. The molecule has 6 heteroatoms. The van der Waals surface area contributed by atoms with E-state index in [1.807, 2.05) is 31.2 Å². The molecule has 0 spiro atoms. The standard InChI is InChI=1S/C17H23N3O2S/c1-12(2)8-9-18-15(21)10-23-11-16-19-17(20-22-16)14-6-4-13(3)5-7-14/h4-7,12H,8-11H2,1-3H3,(H,18,21). The van der Waals surface area contributed by atoms with Crippen LogP contribution < -0.4 is 5.32 Å². The number of amides is 1. The van der Waals surface area contributed by atoms with Gasteiger partial charge in [-0.3, -0.25) is 4.79 Å². The summed E-state index contributed by atoms with van der Waals surface area (Å²) in [6.45, 7) is 7.05. The highest BCUT2D eigenvalue weighted by molar-refractivity contribution is 7.99. The van der Waals surface area contributed by atoms with Crippen LogP contribution in [0.3, 0.4) is 0 Å². The first kappa shape index (κ1) is 17.5. The second kappa shape index (κ2) is 8.72. The minimum Gasteiger partial charge on any atom is -0.355 e. The Labute approximate surface area is 141 Å². The molecule has 1 N–H and O–H groups in total. The van der Waals surface area contributed by atoms with Crippen LogP contribution in [-0.2, 0) is 10.5 Å². The van der Waals surface area contributed by atoms with Crippen molar-refractivity contribution in [2.75, 3.05) is 12.3 Å². The normalized spacial score (nSPS) is 11.0. The molecule has 2 aromatic rings. The van der Waals surface area contributed by atoms with Gasteiger partial charge in [0.1, 0.15) is 0 Å². The average molecular weight is 333 g/mol. The molecule has 1 aromatic carbocycles. The Morgan fingerprint density at radius 1 is 1.30 bits per heavy atom. The van der Waals surface area contributed by atoms with Crippen LogP contribution in [0.25, 0.3) is 11.4 Å². The summed E-state index contributed by atoms with van der Waals surface area (Å²) in [5, 5.41) is 6.89. The predicted octanol–water partition coefficient (Wildman–Crippen LogP) is 3.44. The number of hydrogen-bond donors (Lipinski definition) is 1. The number of thioether (sulfide) groups is 1. The summed E-state index contributed by atoms with van der Waals surface area (Å²) >= 11 is 1.48. The minimum atomic E-state index is 0.0499. The molecule has 23 heavy (non-hydrogen) atoms. The van der Waals surface area contributed by atoms with Crippen LogP contribution in [0.2, 0.25) is 0 Å². The second-order valence-electron chi connectivity index (χ2n) is 5.90. The second-order valence-corrected chi connectivity index (χ2v) is 6.89. The Morgan fingerprint density at radius 2 is 2.04 bits per heavy atom. The van der Waals surface area contributed by atoms with E-state index in [0.717, 1.165) is 18.5 Å². The maximum absolute atomic E-state index is 11.7. The summed E-state index contributed by atoms with van der Waals surface area (Å²) in [6.07, 6.45) is 1.000. The summed E-state index contributed by atoms with van der Waals surface area (Å²) in [5.74, 6) is 2.72. The van der Waals surface area contributed by atoms with Crippen molar-refractivity contribution in [1.29, 1.82) is 0 Å². The van der Waals surface area contributed by atoms with Gasteiger partial charge in [0.25, 0.3) is 0 Å². The summed E-state index contributed by atoms with van der Waals surface area (Å²) in [7, 11) is 0. The number of nitrogens with zero attached hydrogens (tertiary/aromatic N) is 2. The first-order valence-electron chi connectivity index (χ1n) is 7.78. The molecule has 1 aromatic heterocycles. The third-order valence-electron chi connectivity index (χ3n) is 3.28. The van der Waals surface area contributed by atoms with Gasteiger partial charge in [0.2, 0.25) is 17.6 Å². The van der Waals surface area contributed by atoms with Crippen LogP contribution in [0.5, 0.6) is 0 Å². The van der Waals surface area contributed by atoms with E-state index in [2.05, 4.69) is 29.3 Å². The summed E-state index contributed by atoms with van der Waals surface area (Å²) in [6, 6.07) is 7.97. The van der Waals surface area contributed by atoms with E-state index in [1.54, 1.807) is 0 Å². The topological polar surface area (TPSA) is 68.0 Å². The van der Waals surface area contributed by atoms with E-state index in [4.69, 9.17) is 4.52 Å². The molecule has 1 heterocycles. The quantitative estimate of drug-likeness (QED) is 0.801. The fourth-order valence-electron chi connectivity index (χ4n) is 1.92. The zero-order valence-electron chi connectivity index (χ0n) is 13.8. The molecule has 0 saturated carbocycles. The number of carbonyl (C=O) groups is 1. The lowest BCUT2D eigenvalue weighted by Crippen LogP contribution is -2.26. The lowest BCUT2D eigenvalue weighted by molar-refractivity contribution is -0.118. The average Bonchev–Trinajstić information content (AvgIpc) is 2.96. The Bertz CT molecular complexity index is 623. The number of rotatable bonds is 8. The van der Waals surface area contributed by atoms with Gasteiger partial charge in [0, 0.05) is 12.1 Å². The highest BCUT2D eigenvalue weighted by atomic mass is 32.2. The lowest BCUT2D eigenvalue weighted by Gasteiger charge is -2.06. The van der Waals surface area contributed by atoms with Crippen molar-refractivity contribution >= 4 is 17.7 Å². The van der Waals surface area contributed by atoms with Gasteiger partial charge >= 0.3 is 0 Å². The van der Waals surface area contributed by atoms with Crippen molar-refractivity contribution in [3.05, 3.63) is 35.7 Å². The first-order chi connectivity index (χ1) is 11.0. The van der Waals surface area contributed by atoms with Crippen LogP contribution in [0.1, 0.15) is 31.7 Å². The van der Waals surface area contributed by atoms with Crippen molar-refractivity contribution in [2.24, 2.45) is 5.92 Å². The van der Waals surface area contributed by atoms with Gasteiger partial charge < -0.3 is 9.84 Å². The molecule has 0 atom stereocenters. The molecule has 124 valence electrons. The van der Waals surface area contributed by atoms with Gasteiger partial charge in [-0.15, -0.1) is 11.8 Å². The Morgan fingerprint density at radius 3 is 2.74 bits per heavy atom. The van der Waals surface area contributed by atoms with Crippen molar-refractivity contribution in [1.82, 2.24) is 15.5 Å². The number of hydrogen-bond acceptors (Lipinski definition) is 5. The fourth-order valence-corrected chi connectivity index (χ4v) is 2.60. The molecule has 0 saturated heterocycles. The highest BCUT2D eigenvalue weighted by Crippen LogP contribution is 2.18. The molecule has 5 nitrogen and oxygen atoms in total. The SMILES string of the molecule is Cc1ccc(-c2noc(CSCC(=O)NCCC(C)C)n2)cc1. The third kappa shape index (κ3) is 6.06. The molecule has 0 unspecified atom stereocenters. The van der Waals surface area contributed by atoms with Gasteiger partial charge in [0.15, 0.2) is 0 Å². The molecular weight excluding hydrogens is 310 g/mol. The molecule has 2 rings (SSSR count). The van der Waals surface area contributed by atoms with E-state index >= 15 is 0 Å². The van der Waals surface area contributed by atoms with E-state index < -0.39 is 0 Å². The number of aryl methyl sites for hydroxylation is 1. The van der Waals surface area contributed by atoms with Crippen LogP contribution in [0, 0.1) is 12.8 Å². The molecule has 1 amide bonds. The first-order valence-corrected chi connectivity index (χ1v) is 8.94. The van der Waals surface area contributed by atoms with E-state index in [-0.39, 0.29) is 5.91 Å². The van der Waals surface area contributed by atoms with Crippen LogP contribution in [-0.4, -0.2) is 28.3 Å². The summed E-state index contributed by atoms with van der Waals surface area (Å²) in [5.41, 5.74) is 2.12. The highest BCUT2D eigenvalue weighted by Gasteiger charge is 2.09. The van der Waals surface area contributed by atoms with Crippen LogP contribution in [0.15, 0.2) is 28.8 Å². The van der Waals surface area contributed by atoms with E-state index in [0.29, 0.717) is 29.1 Å². The molecule has 0 aliphatic rings. The maximum atomic E-state index is 11.7. The maximum Gasteiger partial charge on any atom is 0.236 e. The monoisotopic (exact) mass is 333 g/mol. The van der Waals surface area contributed by atoms with Gasteiger partial charge in [0.05, 0.1) is 11.5 Å². The molecule has 0 fully saturated rings. The van der Waals surface area contributed by atoms with Gasteiger partial charge in [-0.2, -0.15) is 4.98 Å². The number of nitrogens with one attached hydrogen (secondary N) is 1. The third-order valence-corrected chi connectivity index (χ3v) is 4.20. The minimum absolute atomic E-state index is 0.0499. The van der Waals surface area contributed by atoms with E-state index in [1.165, 1.54) is 17.3 Å². The molecule has 0 radical (unpaired) electrons. The zero-order chi connectivity index (χ0) is 16.7. The molecule has 0 bridgehead atoms. The van der Waals surface area contributed by atoms with Crippen molar-refractivity contribution in [2.45, 2.75) is 32.9 Å². The van der Waals surface area contributed by atoms with Gasteiger partial charge in [-0.05, 0) is 19.3 Å². The smallest absolute Gasteiger partial charge is 0.236 e. The Kier molecular flexibility index (Phi) is 6.65. The van der Waals surface area contributed by atoms with Gasteiger partial charge in [-0.1, -0.05) is 48.8 Å². The fraction of sp³-hybridized carbons (Fsp3) is 0.471. The lowest BCUT2D eigenvalue weighted by atomic mass is 10.1.